The molecule has 0 aliphatic rings. The van der Waals surface area contributed by atoms with Crippen molar-refractivity contribution in [2.24, 2.45) is 0 Å². The van der Waals surface area contributed by atoms with Crippen LogP contribution in [0.5, 0.6) is 0 Å². The van der Waals surface area contributed by atoms with Crippen molar-refractivity contribution in [1.82, 2.24) is 10.3 Å². The first-order valence-electron chi connectivity index (χ1n) is 7.04. The zero-order chi connectivity index (χ0) is 15.9. The van der Waals surface area contributed by atoms with Gasteiger partial charge in [-0.1, -0.05) is 24.3 Å². The summed E-state index contributed by atoms with van der Waals surface area (Å²) in [5.41, 5.74) is 1.41. The summed E-state index contributed by atoms with van der Waals surface area (Å²) in [5.74, 6) is -1.55. The molecule has 2 rings (SSSR count). The highest BCUT2D eigenvalue weighted by Crippen LogP contribution is 2.12. The van der Waals surface area contributed by atoms with Gasteiger partial charge in [-0.15, -0.1) is 0 Å². The topological polar surface area (TPSA) is 88.5 Å². The molecule has 2 N–H and O–H groups in total. The van der Waals surface area contributed by atoms with E-state index in [0.717, 1.165) is 10.9 Å². The van der Waals surface area contributed by atoms with Gasteiger partial charge >= 0.3 is 5.97 Å². The molecule has 0 unspecified atom stereocenters. The first kappa shape index (κ1) is 15.9. The zero-order valence-corrected chi connectivity index (χ0v) is 12.3. The molecule has 0 radical (unpaired) electrons. The molecule has 6 nitrogen and oxygen atoms in total. The molecule has 1 aromatic carbocycles. The minimum absolute atomic E-state index is 0.123. The molecule has 1 aromatic heterocycles. The van der Waals surface area contributed by atoms with E-state index in [1.54, 1.807) is 13.0 Å². The van der Waals surface area contributed by atoms with Crippen molar-refractivity contribution in [3.05, 3.63) is 42.1 Å². The number of pyridine rings is 1. The summed E-state index contributed by atoms with van der Waals surface area (Å²) < 4.78 is 4.96. The molecular weight excluding hydrogens is 284 g/mol. The number of nitrogens with zero attached hydrogens (tertiary/aromatic N) is 1. The highest BCUT2D eigenvalue weighted by atomic mass is 16.5. The summed E-state index contributed by atoms with van der Waals surface area (Å²) in [6.45, 7) is 2.02. The average molecular weight is 302 g/mol. The van der Waals surface area contributed by atoms with E-state index in [9.17, 15) is 14.7 Å². The normalized spacial score (nSPS) is 12.0. The van der Waals surface area contributed by atoms with E-state index in [-0.39, 0.29) is 13.0 Å². The van der Waals surface area contributed by atoms with Crippen LogP contribution in [0.4, 0.5) is 0 Å². The number of aromatic nitrogens is 1. The number of carbonyl (C=O) groups is 2. The first-order valence-corrected chi connectivity index (χ1v) is 7.04. The van der Waals surface area contributed by atoms with Gasteiger partial charge in [-0.2, -0.15) is 0 Å². The summed E-state index contributed by atoms with van der Waals surface area (Å²) >= 11 is 0. The van der Waals surface area contributed by atoms with Gasteiger partial charge < -0.3 is 15.2 Å². The van der Waals surface area contributed by atoms with Crippen LogP contribution in [0.15, 0.2) is 36.4 Å². The molecule has 22 heavy (non-hydrogen) atoms. The SMILES string of the molecule is CCOCC(=O)N[C@@H](Cc1ccc2ccccc2n1)C(=O)O. The Labute approximate surface area is 128 Å². The second-order valence-corrected chi connectivity index (χ2v) is 4.79. The van der Waals surface area contributed by atoms with Gasteiger partial charge in [0.2, 0.25) is 5.91 Å². The molecule has 2 aromatic rings. The van der Waals surface area contributed by atoms with Gasteiger partial charge in [-0.3, -0.25) is 9.78 Å². The molecule has 1 atom stereocenters. The Morgan fingerprint density at radius 2 is 2.05 bits per heavy atom. The molecular formula is C16H18N2O4. The highest BCUT2D eigenvalue weighted by Gasteiger charge is 2.21. The number of carboxylic acid groups (broad SMARTS) is 1. The third-order valence-electron chi connectivity index (χ3n) is 3.14. The fourth-order valence-electron chi connectivity index (χ4n) is 2.06. The Hall–Kier alpha value is -2.47. The van der Waals surface area contributed by atoms with Crippen LogP contribution >= 0.6 is 0 Å². The quantitative estimate of drug-likeness (QED) is 0.806. The fourth-order valence-corrected chi connectivity index (χ4v) is 2.06. The predicted molar refractivity (Wildman–Crippen MR) is 81.5 cm³/mol. The van der Waals surface area contributed by atoms with Crippen LogP contribution in [0.1, 0.15) is 12.6 Å². The van der Waals surface area contributed by atoms with Crippen LogP contribution < -0.4 is 5.32 Å². The van der Waals surface area contributed by atoms with Crippen molar-refractivity contribution in [1.29, 1.82) is 0 Å². The Balaban J connectivity index is 2.08. The molecule has 1 amide bonds. The molecule has 116 valence electrons. The molecule has 0 aliphatic carbocycles. The van der Waals surface area contributed by atoms with Crippen molar-refractivity contribution < 1.29 is 19.4 Å². The number of para-hydroxylation sites is 1. The van der Waals surface area contributed by atoms with Crippen LogP contribution in [0.2, 0.25) is 0 Å². The molecule has 0 aliphatic heterocycles. The van der Waals surface area contributed by atoms with Gasteiger partial charge in [0.25, 0.3) is 0 Å². The van der Waals surface area contributed by atoms with Crippen molar-refractivity contribution in [2.45, 2.75) is 19.4 Å². The Morgan fingerprint density at radius 1 is 1.27 bits per heavy atom. The number of hydrogen-bond acceptors (Lipinski definition) is 4. The van der Waals surface area contributed by atoms with E-state index in [0.29, 0.717) is 12.3 Å². The van der Waals surface area contributed by atoms with E-state index < -0.39 is 17.9 Å². The number of carbonyl (C=O) groups excluding carboxylic acids is 1. The number of fused-ring (bicyclic) bond motifs is 1. The van der Waals surface area contributed by atoms with Crippen molar-refractivity contribution >= 4 is 22.8 Å². The Morgan fingerprint density at radius 3 is 2.77 bits per heavy atom. The number of amides is 1. The Kier molecular flexibility index (Phi) is 5.43. The maximum atomic E-state index is 11.6. The zero-order valence-electron chi connectivity index (χ0n) is 12.3. The largest absolute Gasteiger partial charge is 0.480 e. The monoisotopic (exact) mass is 302 g/mol. The summed E-state index contributed by atoms with van der Waals surface area (Å²) in [6.07, 6.45) is 0.123. The lowest BCUT2D eigenvalue weighted by Crippen LogP contribution is -2.44. The van der Waals surface area contributed by atoms with Gasteiger partial charge in [-0.25, -0.2) is 4.79 Å². The lowest BCUT2D eigenvalue weighted by molar-refractivity contribution is -0.142. The smallest absolute Gasteiger partial charge is 0.326 e. The summed E-state index contributed by atoms with van der Waals surface area (Å²) in [5, 5.41) is 12.7. The third-order valence-corrected chi connectivity index (χ3v) is 3.14. The second-order valence-electron chi connectivity index (χ2n) is 4.79. The lowest BCUT2D eigenvalue weighted by Gasteiger charge is -2.14. The number of benzene rings is 1. The van der Waals surface area contributed by atoms with Crippen LogP contribution in [0.3, 0.4) is 0 Å². The van der Waals surface area contributed by atoms with Crippen LogP contribution in [0, 0.1) is 0 Å². The first-order chi connectivity index (χ1) is 10.6. The average Bonchev–Trinajstić information content (AvgIpc) is 2.52. The van der Waals surface area contributed by atoms with Gasteiger partial charge in [-0.05, 0) is 19.1 Å². The highest BCUT2D eigenvalue weighted by molar-refractivity contribution is 5.84. The number of nitrogens with one attached hydrogen (secondary N) is 1. The minimum Gasteiger partial charge on any atom is -0.480 e. The van der Waals surface area contributed by atoms with Crippen LogP contribution in [-0.4, -0.2) is 41.2 Å². The lowest BCUT2D eigenvalue weighted by atomic mass is 10.1. The minimum atomic E-state index is -1.10. The van der Waals surface area contributed by atoms with Crippen molar-refractivity contribution in [3.8, 4) is 0 Å². The molecule has 0 spiro atoms. The summed E-state index contributed by atoms with van der Waals surface area (Å²) in [6, 6.07) is 10.2. The van der Waals surface area contributed by atoms with E-state index in [4.69, 9.17) is 4.74 Å². The van der Waals surface area contributed by atoms with Gasteiger partial charge in [0.15, 0.2) is 0 Å². The standard InChI is InChI=1S/C16H18N2O4/c1-2-22-10-15(19)18-14(16(20)21)9-12-8-7-11-5-3-4-6-13(11)17-12/h3-8,14H,2,9-10H2,1H3,(H,18,19)(H,20,21)/t14-/m0/s1. The van der Waals surface area contributed by atoms with Crippen molar-refractivity contribution in [3.63, 3.8) is 0 Å². The fraction of sp³-hybridized carbons (Fsp3) is 0.312. The number of hydrogen-bond donors (Lipinski definition) is 2. The molecule has 0 saturated carbocycles. The molecule has 0 bridgehead atoms. The molecule has 1 heterocycles. The number of ether oxygens (including phenoxy) is 1. The van der Waals surface area contributed by atoms with Gasteiger partial charge in [0, 0.05) is 24.1 Å². The Bertz CT molecular complexity index is 672. The number of carboxylic acids is 1. The van der Waals surface area contributed by atoms with E-state index >= 15 is 0 Å². The number of aliphatic carboxylic acids is 1. The van der Waals surface area contributed by atoms with E-state index in [1.807, 2.05) is 30.3 Å². The van der Waals surface area contributed by atoms with Gasteiger partial charge in [0.05, 0.1) is 5.52 Å². The molecule has 0 fully saturated rings. The van der Waals surface area contributed by atoms with Crippen molar-refractivity contribution in [2.75, 3.05) is 13.2 Å². The van der Waals surface area contributed by atoms with Crippen LogP contribution in [-0.2, 0) is 20.7 Å². The molecule has 0 saturated heterocycles. The predicted octanol–water partition coefficient (Wildman–Crippen LogP) is 1.38. The maximum Gasteiger partial charge on any atom is 0.326 e. The number of rotatable bonds is 7. The van der Waals surface area contributed by atoms with Crippen LogP contribution in [0.25, 0.3) is 10.9 Å². The maximum absolute atomic E-state index is 11.6. The molecule has 6 heteroatoms. The second kappa shape index (κ2) is 7.51. The summed E-state index contributed by atoms with van der Waals surface area (Å²) in [4.78, 5) is 27.3. The summed E-state index contributed by atoms with van der Waals surface area (Å²) in [7, 11) is 0. The van der Waals surface area contributed by atoms with E-state index in [1.165, 1.54) is 0 Å². The van der Waals surface area contributed by atoms with E-state index in [2.05, 4.69) is 10.3 Å². The van der Waals surface area contributed by atoms with Gasteiger partial charge in [0.1, 0.15) is 12.6 Å². The third kappa shape index (κ3) is 4.26.